The fourth-order valence-corrected chi connectivity index (χ4v) is 4.98. The lowest BCUT2D eigenvalue weighted by molar-refractivity contribution is 0.309. The van der Waals surface area contributed by atoms with Gasteiger partial charge in [0.1, 0.15) is 12.4 Å². The molecule has 0 spiro atoms. The number of ether oxygens (including phenoxy) is 1. The lowest BCUT2D eigenvalue weighted by atomic mass is 9.97. The van der Waals surface area contributed by atoms with Crippen molar-refractivity contribution in [3.63, 3.8) is 0 Å². The van der Waals surface area contributed by atoms with Crippen LogP contribution in [0, 0.1) is 6.92 Å². The largest absolute Gasteiger partial charge is 0.487 e. The summed E-state index contributed by atoms with van der Waals surface area (Å²) >= 11 is 6.19. The molecule has 0 fully saturated rings. The van der Waals surface area contributed by atoms with Crippen LogP contribution in [0.15, 0.2) is 42.6 Å². The molecule has 0 saturated carbocycles. The van der Waals surface area contributed by atoms with E-state index in [0.29, 0.717) is 30.5 Å². The van der Waals surface area contributed by atoms with E-state index in [1.165, 1.54) is 10.6 Å². The number of benzene rings is 2. The number of hydrogen-bond acceptors (Lipinski definition) is 3. The number of anilines is 1. The van der Waals surface area contributed by atoms with E-state index >= 15 is 0 Å². The first kappa shape index (κ1) is 18.2. The van der Waals surface area contributed by atoms with Gasteiger partial charge in [-0.2, -0.15) is 0 Å². The lowest BCUT2D eigenvalue weighted by Crippen LogP contribution is -2.28. The van der Waals surface area contributed by atoms with E-state index < -0.39 is 10.0 Å². The average Bonchev–Trinajstić information content (AvgIpc) is 3.21. The van der Waals surface area contributed by atoms with Gasteiger partial charge in [0.2, 0.25) is 10.0 Å². The predicted molar refractivity (Wildman–Crippen MR) is 109 cm³/mol. The molecule has 1 N–H and O–H groups in total. The molecule has 1 unspecified atom stereocenters. The third-order valence-corrected chi connectivity index (χ3v) is 6.54. The molecule has 0 radical (unpaired) electrons. The van der Waals surface area contributed by atoms with E-state index in [1.807, 2.05) is 49.5 Å². The number of hydrogen-bond donors (Lipinski definition) is 1. The van der Waals surface area contributed by atoms with E-state index in [4.69, 9.17) is 16.3 Å². The fraction of sp³-hybridized carbons (Fsp3) is 0.300. The number of nitrogens with zero attached hydrogens (tertiary/aromatic N) is 1. The van der Waals surface area contributed by atoms with Crippen molar-refractivity contribution in [2.24, 2.45) is 0 Å². The van der Waals surface area contributed by atoms with E-state index in [0.717, 1.165) is 27.6 Å². The quantitative estimate of drug-likeness (QED) is 0.649. The maximum Gasteiger partial charge on any atom is 0.232 e. The van der Waals surface area contributed by atoms with Crippen LogP contribution in [0.3, 0.4) is 0 Å². The van der Waals surface area contributed by atoms with Crippen molar-refractivity contribution in [1.82, 2.24) is 4.98 Å². The minimum absolute atomic E-state index is 0.0448. The minimum atomic E-state index is -3.40. The Bertz CT molecular complexity index is 1090. The Hall–Kier alpha value is -2.18. The molecule has 4 rings (SSSR count). The number of sulfonamides is 1. The van der Waals surface area contributed by atoms with Crippen LogP contribution < -0.4 is 9.04 Å². The fourth-order valence-electron chi connectivity index (χ4n) is 3.76. The summed E-state index contributed by atoms with van der Waals surface area (Å²) < 4.78 is 32.2. The molecule has 1 aliphatic heterocycles. The maximum atomic E-state index is 12.3. The number of aromatic nitrogens is 1. The molecule has 0 aliphatic carbocycles. The second kappa shape index (κ2) is 6.77. The van der Waals surface area contributed by atoms with Crippen molar-refractivity contribution in [2.45, 2.75) is 19.4 Å². The summed E-state index contributed by atoms with van der Waals surface area (Å²) in [5.74, 6) is 0.962. The Morgan fingerprint density at radius 2 is 2.04 bits per heavy atom. The Balaban J connectivity index is 1.85. The van der Waals surface area contributed by atoms with Crippen LogP contribution in [-0.4, -0.2) is 32.1 Å². The molecular weight excluding hydrogens is 384 g/mol. The SMILES string of the molecule is Cc1c[nH]c2c(OCc3ccccc3)cc3c(c12)C(CCl)CN3S(C)(=O)=O. The van der Waals surface area contributed by atoms with Crippen LogP contribution in [-0.2, 0) is 16.6 Å². The number of aromatic amines is 1. The summed E-state index contributed by atoms with van der Waals surface area (Å²) in [5.41, 5.74) is 4.63. The molecule has 1 aromatic heterocycles. The number of aryl methyl sites for hydroxylation is 1. The molecule has 2 aromatic carbocycles. The van der Waals surface area contributed by atoms with Crippen LogP contribution in [0.2, 0.25) is 0 Å². The third kappa shape index (κ3) is 3.17. The molecule has 3 aromatic rings. The highest BCUT2D eigenvalue weighted by Crippen LogP contribution is 2.47. The van der Waals surface area contributed by atoms with Gasteiger partial charge < -0.3 is 9.72 Å². The van der Waals surface area contributed by atoms with Crippen molar-refractivity contribution >= 4 is 38.2 Å². The van der Waals surface area contributed by atoms with Crippen molar-refractivity contribution in [3.05, 3.63) is 59.3 Å². The number of halogens is 1. The van der Waals surface area contributed by atoms with Crippen molar-refractivity contribution in [1.29, 1.82) is 0 Å². The molecule has 7 heteroatoms. The second-order valence-corrected chi connectivity index (χ2v) is 9.16. The molecule has 2 heterocycles. The van der Waals surface area contributed by atoms with E-state index in [9.17, 15) is 8.42 Å². The van der Waals surface area contributed by atoms with Crippen LogP contribution in [0.25, 0.3) is 10.9 Å². The summed E-state index contributed by atoms with van der Waals surface area (Å²) in [7, 11) is -3.40. The number of alkyl halides is 1. The predicted octanol–water partition coefficient (Wildman–Crippen LogP) is 4.16. The van der Waals surface area contributed by atoms with Gasteiger partial charge in [-0.15, -0.1) is 11.6 Å². The summed E-state index contributed by atoms with van der Waals surface area (Å²) in [4.78, 5) is 3.28. The standard InChI is InChI=1S/C20H21ClN2O3S/c1-13-10-22-20-17(26-12-14-6-4-3-5-7-14)8-16-19(18(13)20)15(9-21)11-23(16)27(2,24)25/h3-8,10,15,22H,9,11-12H2,1-2H3. The number of nitrogens with one attached hydrogen (secondary N) is 1. The summed E-state index contributed by atoms with van der Waals surface area (Å²) in [6, 6.07) is 11.7. The Morgan fingerprint density at radius 3 is 2.70 bits per heavy atom. The second-order valence-electron chi connectivity index (χ2n) is 6.95. The van der Waals surface area contributed by atoms with Crippen molar-refractivity contribution in [2.75, 3.05) is 23.0 Å². The molecule has 1 aliphatic rings. The van der Waals surface area contributed by atoms with Gasteiger partial charge in [-0.25, -0.2) is 8.42 Å². The van der Waals surface area contributed by atoms with E-state index in [2.05, 4.69) is 4.98 Å². The Kier molecular flexibility index (Phi) is 4.56. The molecular formula is C20H21ClN2O3S. The molecule has 1 atom stereocenters. The highest BCUT2D eigenvalue weighted by atomic mass is 35.5. The average molecular weight is 405 g/mol. The molecule has 142 valence electrons. The molecule has 27 heavy (non-hydrogen) atoms. The van der Waals surface area contributed by atoms with Gasteiger partial charge in [-0.3, -0.25) is 4.31 Å². The van der Waals surface area contributed by atoms with Crippen LogP contribution in [0.4, 0.5) is 5.69 Å². The van der Waals surface area contributed by atoms with E-state index in [1.54, 1.807) is 0 Å². The zero-order valence-corrected chi connectivity index (χ0v) is 16.8. The van der Waals surface area contributed by atoms with Gasteiger partial charge >= 0.3 is 0 Å². The highest BCUT2D eigenvalue weighted by molar-refractivity contribution is 7.92. The first-order chi connectivity index (χ1) is 12.9. The topological polar surface area (TPSA) is 62.4 Å². The molecule has 5 nitrogen and oxygen atoms in total. The van der Waals surface area contributed by atoms with Gasteiger partial charge in [-0.05, 0) is 23.6 Å². The molecule has 0 amide bonds. The number of H-pyrrole nitrogens is 1. The first-order valence-corrected chi connectivity index (χ1v) is 11.1. The van der Waals surface area contributed by atoms with Crippen molar-refractivity contribution < 1.29 is 13.2 Å². The van der Waals surface area contributed by atoms with E-state index in [-0.39, 0.29) is 5.92 Å². The van der Waals surface area contributed by atoms with Crippen LogP contribution >= 0.6 is 11.6 Å². The van der Waals surface area contributed by atoms with Crippen molar-refractivity contribution in [3.8, 4) is 5.75 Å². The zero-order chi connectivity index (χ0) is 19.2. The monoisotopic (exact) mass is 404 g/mol. The van der Waals surface area contributed by atoms with Crippen LogP contribution in [0.1, 0.15) is 22.6 Å². The Morgan fingerprint density at radius 1 is 1.30 bits per heavy atom. The van der Waals surface area contributed by atoms with Gasteiger partial charge in [0.25, 0.3) is 0 Å². The third-order valence-electron chi connectivity index (χ3n) is 5.02. The van der Waals surface area contributed by atoms with Gasteiger partial charge in [0.05, 0.1) is 17.5 Å². The number of rotatable bonds is 5. The number of fused-ring (bicyclic) bond motifs is 3. The van der Waals surface area contributed by atoms with Gasteiger partial charge in [-0.1, -0.05) is 30.3 Å². The van der Waals surface area contributed by atoms with Gasteiger partial charge in [0.15, 0.2) is 0 Å². The zero-order valence-electron chi connectivity index (χ0n) is 15.2. The molecule has 0 saturated heterocycles. The Labute approximate surface area is 164 Å². The lowest BCUT2D eigenvalue weighted by Gasteiger charge is -2.18. The highest BCUT2D eigenvalue weighted by Gasteiger charge is 2.36. The summed E-state index contributed by atoms with van der Waals surface area (Å²) in [5, 5.41) is 1.01. The summed E-state index contributed by atoms with van der Waals surface area (Å²) in [6.07, 6.45) is 3.15. The van der Waals surface area contributed by atoms with Crippen LogP contribution in [0.5, 0.6) is 5.75 Å². The van der Waals surface area contributed by atoms with Gasteiger partial charge in [0, 0.05) is 36.0 Å². The summed E-state index contributed by atoms with van der Waals surface area (Å²) in [6.45, 7) is 2.78. The smallest absolute Gasteiger partial charge is 0.232 e. The minimum Gasteiger partial charge on any atom is -0.487 e. The normalized spacial score (nSPS) is 16.7. The first-order valence-electron chi connectivity index (χ1n) is 8.75. The molecule has 0 bridgehead atoms. The maximum absolute atomic E-state index is 12.3.